The smallest absolute Gasteiger partial charge is 0.223 e. The molecular weight excluding hydrogens is 336 g/mol. The maximum absolute atomic E-state index is 13.4. The highest BCUT2D eigenvalue weighted by Gasteiger charge is 2.27. The summed E-state index contributed by atoms with van der Waals surface area (Å²) >= 11 is 0. The third-order valence-electron chi connectivity index (χ3n) is 5.39. The molecule has 0 aliphatic carbocycles. The number of nitrogens with zero attached hydrogens (tertiary/aromatic N) is 2. The highest BCUT2D eigenvalue weighted by Crippen LogP contribution is 2.25. The summed E-state index contributed by atoms with van der Waals surface area (Å²) in [6.45, 7) is 4.55. The van der Waals surface area contributed by atoms with Crippen molar-refractivity contribution in [2.45, 2.75) is 19.3 Å². The van der Waals surface area contributed by atoms with Gasteiger partial charge in [0.05, 0.1) is 6.54 Å². The van der Waals surface area contributed by atoms with Crippen molar-refractivity contribution in [1.29, 1.82) is 0 Å². The molecule has 1 aromatic rings. The minimum atomic E-state index is -0.829. The van der Waals surface area contributed by atoms with Crippen LogP contribution in [0.15, 0.2) is 18.2 Å². The average molecular weight is 361 g/mol. The molecule has 6 heteroatoms. The van der Waals surface area contributed by atoms with Crippen molar-refractivity contribution in [1.82, 2.24) is 10.2 Å². The van der Waals surface area contributed by atoms with Gasteiger partial charge in [-0.05, 0) is 50.4 Å². The number of anilines is 1. The Morgan fingerprint density at radius 1 is 1.19 bits per heavy atom. The fraction of sp³-hybridized carbons (Fsp3) is 0.550. The largest absolute Gasteiger partial charge is 0.371 e. The number of terminal acetylenes is 1. The van der Waals surface area contributed by atoms with Crippen LogP contribution in [0.1, 0.15) is 19.3 Å². The van der Waals surface area contributed by atoms with E-state index in [9.17, 15) is 13.6 Å². The molecule has 1 atom stereocenters. The Hall–Kier alpha value is -2.13. The molecule has 1 amide bonds. The van der Waals surface area contributed by atoms with Crippen LogP contribution in [0, 0.1) is 35.8 Å². The van der Waals surface area contributed by atoms with Crippen molar-refractivity contribution >= 4 is 11.6 Å². The molecule has 2 aliphatic heterocycles. The molecule has 1 aromatic carbocycles. The number of benzene rings is 1. The van der Waals surface area contributed by atoms with Gasteiger partial charge in [-0.1, -0.05) is 5.92 Å². The maximum atomic E-state index is 13.4. The van der Waals surface area contributed by atoms with Gasteiger partial charge in [0, 0.05) is 37.3 Å². The molecule has 0 saturated carbocycles. The van der Waals surface area contributed by atoms with E-state index in [0.29, 0.717) is 24.7 Å². The zero-order valence-corrected chi connectivity index (χ0v) is 14.9. The quantitative estimate of drug-likeness (QED) is 0.817. The number of carbonyl (C=O) groups excluding carboxylic acids is 1. The highest BCUT2D eigenvalue weighted by atomic mass is 19.2. The summed E-state index contributed by atoms with van der Waals surface area (Å²) in [6, 6.07) is 4.00. The molecular formula is C20H25F2N3O. The lowest BCUT2D eigenvalue weighted by molar-refractivity contribution is -0.126. The van der Waals surface area contributed by atoms with Gasteiger partial charge >= 0.3 is 0 Å². The van der Waals surface area contributed by atoms with Crippen LogP contribution in [-0.2, 0) is 4.79 Å². The lowest BCUT2D eigenvalue weighted by Gasteiger charge is -2.30. The predicted octanol–water partition coefficient (Wildman–Crippen LogP) is 2.25. The Kier molecular flexibility index (Phi) is 6.10. The van der Waals surface area contributed by atoms with Crippen LogP contribution in [-0.4, -0.2) is 50.1 Å². The van der Waals surface area contributed by atoms with E-state index in [-0.39, 0.29) is 11.8 Å². The van der Waals surface area contributed by atoms with Crippen LogP contribution in [0.5, 0.6) is 0 Å². The summed E-state index contributed by atoms with van der Waals surface area (Å²) in [5, 5.41) is 3.08. The van der Waals surface area contributed by atoms with Gasteiger partial charge in [-0.25, -0.2) is 8.78 Å². The number of carbonyl (C=O) groups is 1. The van der Waals surface area contributed by atoms with Crippen molar-refractivity contribution in [3.8, 4) is 12.3 Å². The van der Waals surface area contributed by atoms with E-state index in [1.54, 1.807) is 6.07 Å². The van der Waals surface area contributed by atoms with Crippen molar-refractivity contribution in [3.05, 3.63) is 29.8 Å². The minimum Gasteiger partial charge on any atom is -0.371 e. The van der Waals surface area contributed by atoms with E-state index < -0.39 is 11.6 Å². The summed E-state index contributed by atoms with van der Waals surface area (Å²) in [5.41, 5.74) is 0.693. The van der Waals surface area contributed by atoms with Gasteiger partial charge < -0.3 is 10.2 Å². The molecule has 0 spiro atoms. The summed E-state index contributed by atoms with van der Waals surface area (Å²) in [7, 11) is 0. The second-order valence-electron chi connectivity index (χ2n) is 7.20. The van der Waals surface area contributed by atoms with E-state index in [1.807, 2.05) is 4.90 Å². The van der Waals surface area contributed by atoms with Crippen molar-refractivity contribution in [2.24, 2.45) is 11.8 Å². The molecule has 1 N–H and O–H groups in total. The van der Waals surface area contributed by atoms with E-state index in [2.05, 4.69) is 16.1 Å². The first-order chi connectivity index (χ1) is 12.6. The van der Waals surface area contributed by atoms with Crippen LogP contribution >= 0.6 is 0 Å². The second kappa shape index (κ2) is 8.50. The van der Waals surface area contributed by atoms with Gasteiger partial charge in [-0.15, -0.1) is 6.42 Å². The number of likely N-dealkylation sites (tertiary alicyclic amines) is 1. The monoisotopic (exact) mass is 361 g/mol. The number of hydrogen-bond donors (Lipinski definition) is 1. The highest BCUT2D eigenvalue weighted by molar-refractivity contribution is 5.78. The van der Waals surface area contributed by atoms with Crippen LogP contribution in [0.4, 0.5) is 14.5 Å². The Labute approximate surface area is 153 Å². The molecule has 2 heterocycles. The molecule has 26 heavy (non-hydrogen) atoms. The minimum absolute atomic E-state index is 0.0627. The first kappa shape index (κ1) is 18.7. The third-order valence-corrected chi connectivity index (χ3v) is 5.39. The van der Waals surface area contributed by atoms with E-state index in [1.165, 1.54) is 6.07 Å². The van der Waals surface area contributed by atoms with Gasteiger partial charge in [0.15, 0.2) is 11.6 Å². The lowest BCUT2D eigenvalue weighted by atomic mass is 9.95. The van der Waals surface area contributed by atoms with Crippen LogP contribution < -0.4 is 10.2 Å². The molecule has 0 aromatic heterocycles. The standard InChI is InChI=1S/C20H25F2N3O/c1-2-8-24-9-6-16(7-10-24)20(26)23-13-15-5-11-25(14-15)17-3-4-18(21)19(22)12-17/h1,3-4,12,15-16H,5-11,13-14H2,(H,23,26)/t15-/m1/s1. The van der Waals surface area contributed by atoms with Crippen molar-refractivity contribution < 1.29 is 13.6 Å². The maximum Gasteiger partial charge on any atom is 0.223 e. The molecule has 0 unspecified atom stereocenters. The van der Waals surface area contributed by atoms with Crippen LogP contribution in [0.3, 0.4) is 0 Å². The predicted molar refractivity (Wildman–Crippen MR) is 97.7 cm³/mol. The van der Waals surface area contributed by atoms with Gasteiger partial charge in [0.1, 0.15) is 0 Å². The van der Waals surface area contributed by atoms with E-state index in [4.69, 9.17) is 6.42 Å². The SMILES string of the molecule is C#CCN1CCC(C(=O)NC[C@H]2CCN(c3ccc(F)c(F)c3)C2)CC1. The van der Waals surface area contributed by atoms with Crippen LogP contribution in [0.2, 0.25) is 0 Å². The van der Waals surface area contributed by atoms with Gasteiger partial charge in [0.2, 0.25) is 5.91 Å². The molecule has 0 radical (unpaired) electrons. The number of amides is 1. The molecule has 0 bridgehead atoms. The zero-order valence-electron chi connectivity index (χ0n) is 14.9. The normalized spacial score (nSPS) is 21.6. The van der Waals surface area contributed by atoms with Crippen molar-refractivity contribution in [3.63, 3.8) is 0 Å². The number of nitrogens with one attached hydrogen (secondary N) is 1. The average Bonchev–Trinajstić information content (AvgIpc) is 3.12. The Balaban J connectivity index is 1.42. The van der Waals surface area contributed by atoms with Gasteiger partial charge in [-0.3, -0.25) is 9.69 Å². The lowest BCUT2D eigenvalue weighted by Crippen LogP contribution is -2.42. The fourth-order valence-corrected chi connectivity index (χ4v) is 3.79. The molecule has 2 saturated heterocycles. The Bertz CT molecular complexity index is 680. The van der Waals surface area contributed by atoms with Gasteiger partial charge in [0.25, 0.3) is 0 Å². The number of hydrogen-bond acceptors (Lipinski definition) is 3. The van der Waals surface area contributed by atoms with Crippen molar-refractivity contribution in [2.75, 3.05) is 44.2 Å². The Morgan fingerprint density at radius 2 is 1.96 bits per heavy atom. The molecule has 2 fully saturated rings. The number of rotatable bonds is 5. The molecule has 2 aliphatic rings. The first-order valence-corrected chi connectivity index (χ1v) is 9.20. The fourth-order valence-electron chi connectivity index (χ4n) is 3.79. The van der Waals surface area contributed by atoms with Crippen LogP contribution in [0.25, 0.3) is 0 Å². The number of halogens is 2. The first-order valence-electron chi connectivity index (χ1n) is 9.20. The topological polar surface area (TPSA) is 35.6 Å². The zero-order chi connectivity index (χ0) is 18.5. The Morgan fingerprint density at radius 3 is 2.65 bits per heavy atom. The summed E-state index contributed by atoms with van der Waals surface area (Å²) < 4.78 is 26.5. The summed E-state index contributed by atoms with van der Waals surface area (Å²) in [6.07, 6.45) is 7.95. The molecule has 3 rings (SSSR count). The van der Waals surface area contributed by atoms with E-state index >= 15 is 0 Å². The third kappa shape index (κ3) is 4.53. The molecule has 4 nitrogen and oxygen atoms in total. The summed E-state index contributed by atoms with van der Waals surface area (Å²) in [5.74, 6) is 1.50. The number of piperidine rings is 1. The molecule has 140 valence electrons. The second-order valence-corrected chi connectivity index (χ2v) is 7.20. The summed E-state index contributed by atoms with van der Waals surface area (Å²) in [4.78, 5) is 16.6. The van der Waals surface area contributed by atoms with E-state index in [0.717, 1.165) is 51.5 Å². The van der Waals surface area contributed by atoms with Gasteiger partial charge in [-0.2, -0.15) is 0 Å².